The van der Waals surface area contributed by atoms with E-state index in [1.165, 1.54) is 17.7 Å². The molecule has 0 atom stereocenters. The second-order valence-electron chi connectivity index (χ2n) is 9.13. The van der Waals surface area contributed by atoms with Gasteiger partial charge in [-0.25, -0.2) is 9.18 Å². The lowest BCUT2D eigenvalue weighted by atomic mass is 10.1. The summed E-state index contributed by atoms with van der Waals surface area (Å²) in [5.41, 5.74) is 4.85. The third-order valence-corrected chi connectivity index (χ3v) is 6.41. The Labute approximate surface area is 202 Å². The van der Waals surface area contributed by atoms with E-state index in [1.807, 2.05) is 30.5 Å². The summed E-state index contributed by atoms with van der Waals surface area (Å²) in [6.07, 6.45) is 0.968. The summed E-state index contributed by atoms with van der Waals surface area (Å²) in [6, 6.07) is 17.4. The molecule has 1 aromatic heterocycles. The zero-order chi connectivity index (χ0) is 24.7. The van der Waals surface area contributed by atoms with Gasteiger partial charge in [-0.15, -0.1) is 0 Å². The first-order valence-corrected chi connectivity index (χ1v) is 11.9. The zero-order valence-electron chi connectivity index (χ0n) is 20.6. The first-order valence-electron chi connectivity index (χ1n) is 11.9. The number of carbonyl (C=O) groups is 1. The molecule has 0 aliphatic carbocycles. The topological polar surface area (TPSA) is 57.5 Å². The minimum Gasteiger partial charge on any atom is -0.478 e. The maximum atomic E-state index is 13.6. The van der Waals surface area contributed by atoms with Crippen LogP contribution < -0.4 is 5.32 Å². The largest absolute Gasteiger partial charge is 0.478 e. The van der Waals surface area contributed by atoms with Crippen LogP contribution in [0.4, 0.5) is 4.39 Å². The molecule has 0 radical (unpaired) electrons. The molecule has 0 saturated carbocycles. The molecule has 1 heterocycles. The Bertz CT molecular complexity index is 1090. The predicted molar refractivity (Wildman–Crippen MR) is 135 cm³/mol. The third-order valence-electron chi connectivity index (χ3n) is 6.41. The van der Waals surface area contributed by atoms with Crippen LogP contribution in [-0.2, 0) is 19.6 Å². The Hall–Kier alpha value is -2.96. The molecule has 0 saturated heterocycles. The number of nitrogens with one attached hydrogen (secondary N) is 1. The number of hydrogen-bond acceptors (Lipinski definition) is 3. The first kappa shape index (κ1) is 25.7. The molecule has 34 heavy (non-hydrogen) atoms. The van der Waals surface area contributed by atoms with Crippen molar-refractivity contribution in [3.05, 3.63) is 94.1 Å². The summed E-state index contributed by atoms with van der Waals surface area (Å²) in [5, 5.41) is 13.3. The number of carboxylic acid groups (broad SMARTS) is 1. The van der Waals surface area contributed by atoms with Crippen molar-refractivity contribution in [1.29, 1.82) is 0 Å². The van der Waals surface area contributed by atoms with E-state index in [1.54, 1.807) is 6.07 Å². The van der Waals surface area contributed by atoms with Crippen molar-refractivity contribution in [3.63, 3.8) is 0 Å². The van der Waals surface area contributed by atoms with Crippen LogP contribution in [0.3, 0.4) is 0 Å². The smallest absolute Gasteiger partial charge is 0.337 e. The number of nitrogens with zero attached hydrogens (tertiary/aromatic N) is 2. The number of rotatable bonds is 12. The van der Waals surface area contributed by atoms with Crippen LogP contribution in [0.5, 0.6) is 0 Å². The highest BCUT2D eigenvalue weighted by atomic mass is 19.1. The molecule has 2 N–H and O–H groups in total. The van der Waals surface area contributed by atoms with E-state index in [4.69, 9.17) is 0 Å². The Kier molecular flexibility index (Phi) is 9.02. The van der Waals surface area contributed by atoms with Crippen LogP contribution in [0.1, 0.15) is 58.7 Å². The Morgan fingerprint density at radius 1 is 1.06 bits per heavy atom. The molecule has 0 aliphatic heterocycles. The standard InChI is InChI=1S/C28H36FN3O2/c1-20(2)31(18-23-10-6-5-7-11-23)15-9-14-30-17-26-21(3)32(22(4)27(26)28(33)34)19-24-12-8-13-25(29)16-24/h5-8,10-13,16,20,30H,9,14-15,17-19H2,1-4H3,(H,33,34). The summed E-state index contributed by atoms with van der Waals surface area (Å²) >= 11 is 0. The van der Waals surface area contributed by atoms with Crippen molar-refractivity contribution in [2.45, 2.75) is 59.8 Å². The zero-order valence-corrected chi connectivity index (χ0v) is 20.6. The van der Waals surface area contributed by atoms with Crippen molar-refractivity contribution in [2.75, 3.05) is 13.1 Å². The summed E-state index contributed by atoms with van der Waals surface area (Å²) in [6.45, 7) is 11.8. The maximum Gasteiger partial charge on any atom is 0.337 e. The van der Waals surface area contributed by atoms with Gasteiger partial charge in [0.1, 0.15) is 5.82 Å². The average molecular weight is 466 g/mol. The molecule has 0 unspecified atom stereocenters. The number of carboxylic acids is 1. The SMILES string of the molecule is Cc1c(CNCCCN(Cc2ccccc2)C(C)C)c(C(=O)O)c(C)n1Cc1cccc(F)c1. The van der Waals surface area contributed by atoms with Crippen LogP contribution in [0, 0.1) is 19.7 Å². The first-order chi connectivity index (χ1) is 16.3. The van der Waals surface area contributed by atoms with E-state index in [0.717, 1.165) is 42.9 Å². The van der Waals surface area contributed by atoms with Crippen LogP contribution in [0.25, 0.3) is 0 Å². The van der Waals surface area contributed by atoms with Gasteiger partial charge in [-0.1, -0.05) is 42.5 Å². The van der Waals surface area contributed by atoms with Gasteiger partial charge in [0.2, 0.25) is 0 Å². The van der Waals surface area contributed by atoms with Crippen molar-refractivity contribution in [3.8, 4) is 0 Å². The normalized spacial score (nSPS) is 11.5. The molecule has 3 rings (SSSR count). The summed E-state index contributed by atoms with van der Waals surface area (Å²) in [7, 11) is 0. The molecular weight excluding hydrogens is 429 g/mol. The van der Waals surface area contributed by atoms with Gasteiger partial charge in [-0.3, -0.25) is 4.90 Å². The molecule has 0 spiro atoms. The summed E-state index contributed by atoms with van der Waals surface area (Å²) in [5.74, 6) is -1.22. The van der Waals surface area contributed by atoms with E-state index in [0.29, 0.717) is 30.4 Å². The lowest BCUT2D eigenvalue weighted by molar-refractivity contribution is 0.0694. The fourth-order valence-electron chi connectivity index (χ4n) is 4.46. The predicted octanol–water partition coefficient (Wildman–Crippen LogP) is 5.38. The van der Waals surface area contributed by atoms with Crippen LogP contribution in [0.15, 0.2) is 54.6 Å². The van der Waals surface area contributed by atoms with Crippen molar-refractivity contribution >= 4 is 5.97 Å². The van der Waals surface area contributed by atoms with Gasteiger partial charge >= 0.3 is 5.97 Å². The maximum absolute atomic E-state index is 13.6. The van der Waals surface area contributed by atoms with Gasteiger partial charge in [0, 0.05) is 42.6 Å². The highest BCUT2D eigenvalue weighted by molar-refractivity contribution is 5.91. The van der Waals surface area contributed by atoms with Crippen molar-refractivity contribution in [1.82, 2.24) is 14.8 Å². The van der Waals surface area contributed by atoms with Gasteiger partial charge in [0.15, 0.2) is 0 Å². The van der Waals surface area contributed by atoms with E-state index >= 15 is 0 Å². The number of aromatic nitrogens is 1. The Balaban J connectivity index is 1.62. The molecule has 182 valence electrons. The van der Waals surface area contributed by atoms with E-state index < -0.39 is 5.97 Å². The molecule has 0 bridgehead atoms. The van der Waals surface area contributed by atoms with Crippen molar-refractivity contribution in [2.24, 2.45) is 0 Å². The molecule has 0 amide bonds. The number of aromatic carboxylic acids is 1. The molecule has 2 aromatic carbocycles. The quantitative estimate of drug-likeness (QED) is 0.353. The summed E-state index contributed by atoms with van der Waals surface area (Å²) < 4.78 is 15.6. The molecular formula is C28H36FN3O2. The number of hydrogen-bond donors (Lipinski definition) is 2. The van der Waals surface area contributed by atoms with E-state index in [9.17, 15) is 14.3 Å². The highest BCUT2D eigenvalue weighted by Crippen LogP contribution is 2.24. The van der Waals surface area contributed by atoms with E-state index in [2.05, 4.69) is 48.3 Å². The van der Waals surface area contributed by atoms with Gasteiger partial charge in [-0.05, 0) is 70.5 Å². The van der Waals surface area contributed by atoms with Crippen LogP contribution in [-0.4, -0.2) is 39.7 Å². The Morgan fingerprint density at radius 3 is 2.41 bits per heavy atom. The molecule has 0 fully saturated rings. The lowest BCUT2D eigenvalue weighted by Crippen LogP contribution is -2.33. The average Bonchev–Trinajstić information content (AvgIpc) is 3.03. The minimum atomic E-state index is -0.927. The second-order valence-corrected chi connectivity index (χ2v) is 9.13. The molecule has 6 heteroatoms. The van der Waals surface area contributed by atoms with Crippen LogP contribution >= 0.6 is 0 Å². The third kappa shape index (κ3) is 6.55. The van der Waals surface area contributed by atoms with Gasteiger partial charge in [0.05, 0.1) is 5.56 Å². The van der Waals surface area contributed by atoms with Crippen molar-refractivity contribution < 1.29 is 14.3 Å². The second kappa shape index (κ2) is 12.0. The van der Waals surface area contributed by atoms with Gasteiger partial charge in [0.25, 0.3) is 0 Å². The van der Waals surface area contributed by atoms with Gasteiger partial charge in [-0.2, -0.15) is 0 Å². The molecule has 3 aromatic rings. The molecule has 0 aliphatic rings. The minimum absolute atomic E-state index is 0.289. The van der Waals surface area contributed by atoms with E-state index in [-0.39, 0.29) is 5.82 Å². The molecule has 5 nitrogen and oxygen atoms in total. The number of benzene rings is 2. The fourth-order valence-corrected chi connectivity index (χ4v) is 4.46. The summed E-state index contributed by atoms with van der Waals surface area (Å²) in [4.78, 5) is 14.5. The monoisotopic (exact) mass is 465 g/mol. The Morgan fingerprint density at radius 2 is 1.76 bits per heavy atom. The fraction of sp³-hybridized carbons (Fsp3) is 0.393. The van der Waals surface area contributed by atoms with Crippen LogP contribution in [0.2, 0.25) is 0 Å². The highest BCUT2D eigenvalue weighted by Gasteiger charge is 2.22. The van der Waals surface area contributed by atoms with Gasteiger partial charge < -0.3 is 15.0 Å². The number of halogens is 1. The lowest BCUT2D eigenvalue weighted by Gasteiger charge is -2.26.